The highest BCUT2D eigenvalue weighted by atomic mass is 16.5. The van der Waals surface area contributed by atoms with Crippen molar-refractivity contribution >= 4 is 5.91 Å². The van der Waals surface area contributed by atoms with Gasteiger partial charge >= 0.3 is 0 Å². The molecule has 0 bridgehead atoms. The largest absolute Gasteiger partial charge is 0.378 e. The molecule has 1 heterocycles. The fourth-order valence-electron chi connectivity index (χ4n) is 2.81. The van der Waals surface area contributed by atoms with Crippen molar-refractivity contribution in [3.63, 3.8) is 0 Å². The average Bonchev–Trinajstić information content (AvgIpc) is 3.04. The van der Waals surface area contributed by atoms with Gasteiger partial charge in [-0.05, 0) is 31.4 Å². The maximum Gasteiger partial charge on any atom is 0.251 e. The van der Waals surface area contributed by atoms with Gasteiger partial charge in [0.2, 0.25) is 0 Å². The van der Waals surface area contributed by atoms with E-state index in [9.17, 15) is 4.79 Å². The molecule has 0 spiro atoms. The Bertz CT molecular complexity index is 346. The SMILES string of the molecule is CNC1CCC(NC(=O)C2CC[N+](CCOC)=N2)C1. The van der Waals surface area contributed by atoms with Gasteiger partial charge in [0.1, 0.15) is 6.61 Å². The smallest absolute Gasteiger partial charge is 0.251 e. The number of amides is 1. The molecule has 6 heteroatoms. The first-order valence-corrected chi connectivity index (χ1v) is 7.15. The standard InChI is InChI=1S/C13H24N4O2/c1-14-10-3-4-11(9-10)15-13(18)12-5-6-17(16-12)7-8-19-2/h10-12,14H,3-9H2,1-2H3/p+1. The summed E-state index contributed by atoms with van der Waals surface area (Å²) in [6, 6.07) is 0.655. The first-order chi connectivity index (χ1) is 9.22. The maximum atomic E-state index is 12.1. The van der Waals surface area contributed by atoms with Gasteiger partial charge in [-0.3, -0.25) is 4.79 Å². The quantitative estimate of drug-likeness (QED) is 0.674. The molecule has 19 heavy (non-hydrogen) atoms. The van der Waals surface area contributed by atoms with Crippen LogP contribution in [-0.2, 0) is 9.53 Å². The van der Waals surface area contributed by atoms with Crippen LogP contribution in [0.4, 0.5) is 0 Å². The Hall–Kier alpha value is -1.01. The lowest BCUT2D eigenvalue weighted by Crippen LogP contribution is -2.39. The molecule has 3 atom stereocenters. The molecule has 108 valence electrons. The summed E-state index contributed by atoms with van der Waals surface area (Å²) in [6.45, 7) is 2.28. The maximum absolute atomic E-state index is 12.1. The predicted molar refractivity (Wildman–Crippen MR) is 71.3 cm³/mol. The zero-order chi connectivity index (χ0) is 13.7. The van der Waals surface area contributed by atoms with Gasteiger partial charge in [0.25, 0.3) is 5.91 Å². The van der Waals surface area contributed by atoms with Crippen LogP contribution < -0.4 is 10.6 Å². The Balaban J connectivity index is 1.76. The summed E-state index contributed by atoms with van der Waals surface area (Å²) in [7, 11) is 3.66. The second-order valence-electron chi connectivity index (χ2n) is 5.37. The van der Waals surface area contributed by atoms with E-state index in [-0.39, 0.29) is 11.9 Å². The van der Waals surface area contributed by atoms with Crippen LogP contribution in [0.3, 0.4) is 0 Å². The Morgan fingerprint density at radius 1 is 1.37 bits per heavy atom. The molecule has 0 radical (unpaired) electrons. The van der Waals surface area contributed by atoms with Gasteiger partial charge in [0, 0.05) is 25.6 Å². The normalized spacial score (nSPS) is 30.4. The number of azo groups is 2. The molecule has 0 aromatic carbocycles. The lowest BCUT2D eigenvalue weighted by atomic mass is 10.2. The van der Waals surface area contributed by atoms with E-state index in [1.165, 1.54) is 0 Å². The van der Waals surface area contributed by atoms with Gasteiger partial charge in [-0.2, -0.15) is 0 Å². The first kappa shape index (κ1) is 14.4. The Labute approximate surface area is 114 Å². The summed E-state index contributed by atoms with van der Waals surface area (Å²) < 4.78 is 6.97. The highest BCUT2D eigenvalue weighted by molar-refractivity contribution is 5.82. The first-order valence-electron chi connectivity index (χ1n) is 7.15. The summed E-state index contributed by atoms with van der Waals surface area (Å²) >= 11 is 0. The zero-order valence-electron chi connectivity index (χ0n) is 11.9. The molecule has 0 aromatic rings. The lowest BCUT2D eigenvalue weighted by molar-refractivity contribution is -0.583. The molecule has 1 amide bonds. The fourth-order valence-corrected chi connectivity index (χ4v) is 2.81. The highest BCUT2D eigenvalue weighted by Crippen LogP contribution is 2.19. The van der Waals surface area contributed by atoms with Gasteiger partial charge in [0.05, 0.1) is 0 Å². The van der Waals surface area contributed by atoms with E-state index in [0.29, 0.717) is 18.7 Å². The molecule has 2 rings (SSSR count). The number of carbonyl (C=O) groups is 1. The van der Waals surface area contributed by atoms with Crippen molar-refractivity contribution in [1.82, 2.24) is 10.6 Å². The number of nitrogens with one attached hydrogen (secondary N) is 2. The molecule has 1 saturated carbocycles. The predicted octanol–water partition coefficient (Wildman–Crippen LogP) is 0.127. The summed E-state index contributed by atoms with van der Waals surface area (Å²) in [5, 5.41) is 10.8. The third kappa shape index (κ3) is 3.98. The summed E-state index contributed by atoms with van der Waals surface area (Å²) in [4.78, 5) is 12.1. The van der Waals surface area contributed by atoms with E-state index < -0.39 is 0 Å². The van der Waals surface area contributed by atoms with Crippen LogP contribution in [0.25, 0.3) is 0 Å². The van der Waals surface area contributed by atoms with E-state index in [2.05, 4.69) is 15.7 Å². The molecule has 1 aliphatic carbocycles. The van der Waals surface area contributed by atoms with Crippen LogP contribution in [0, 0.1) is 0 Å². The average molecular weight is 269 g/mol. The third-order valence-electron chi connectivity index (χ3n) is 4.01. The van der Waals surface area contributed by atoms with Gasteiger partial charge in [-0.15, -0.1) is 4.70 Å². The number of methoxy groups -OCH3 is 1. The minimum absolute atomic E-state index is 0.0849. The number of nitrogens with zero attached hydrogens (tertiary/aromatic N) is 2. The fraction of sp³-hybridized carbons (Fsp3) is 0.923. The Morgan fingerprint density at radius 2 is 2.16 bits per heavy atom. The lowest BCUT2D eigenvalue weighted by Gasteiger charge is -2.13. The number of rotatable bonds is 6. The van der Waals surface area contributed by atoms with Crippen molar-refractivity contribution in [3.8, 4) is 0 Å². The van der Waals surface area contributed by atoms with Crippen molar-refractivity contribution in [3.05, 3.63) is 0 Å². The van der Waals surface area contributed by atoms with Crippen LogP contribution in [0.5, 0.6) is 0 Å². The monoisotopic (exact) mass is 269 g/mol. The van der Waals surface area contributed by atoms with Gasteiger partial charge in [0.15, 0.2) is 19.1 Å². The van der Waals surface area contributed by atoms with Crippen molar-refractivity contribution in [2.24, 2.45) is 5.11 Å². The van der Waals surface area contributed by atoms with Gasteiger partial charge in [-0.25, -0.2) is 0 Å². The van der Waals surface area contributed by atoms with Crippen molar-refractivity contribution in [2.45, 2.75) is 43.8 Å². The van der Waals surface area contributed by atoms with Crippen molar-refractivity contribution in [2.75, 3.05) is 33.9 Å². The Morgan fingerprint density at radius 3 is 2.84 bits per heavy atom. The minimum atomic E-state index is -0.203. The van der Waals surface area contributed by atoms with E-state index in [1.807, 2.05) is 11.7 Å². The van der Waals surface area contributed by atoms with E-state index in [4.69, 9.17) is 4.74 Å². The number of hydrogen-bond donors (Lipinski definition) is 2. The third-order valence-corrected chi connectivity index (χ3v) is 4.01. The summed E-state index contributed by atoms with van der Waals surface area (Å²) in [6.07, 6.45) is 4.06. The summed E-state index contributed by atoms with van der Waals surface area (Å²) in [5.41, 5.74) is 0. The summed E-state index contributed by atoms with van der Waals surface area (Å²) in [5.74, 6) is 0.0849. The van der Waals surface area contributed by atoms with E-state index >= 15 is 0 Å². The zero-order valence-corrected chi connectivity index (χ0v) is 11.9. The van der Waals surface area contributed by atoms with Crippen molar-refractivity contribution < 1.29 is 14.2 Å². The van der Waals surface area contributed by atoms with Crippen LogP contribution >= 0.6 is 0 Å². The molecule has 2 aliphatic rings. The topological polar surface area (TPSA) is 65.7 Å². The minimum Gasteiger partial charge on any atom is -0.378 e. The molecular weight excluding hydrogens is 244 g/mol. The molecule has 0 saturated heterocycles. The van der Waals surface area contributed by atoms with Crippen LogP contribution in [0.15, 0.2) is 5.11 Å². The molecular formula is C13H25N4O2+. The second kappa shape index (κ2) is 6.96. The molecule has 2 N–H and O–H groups in total. The molecule has 1 aliphatic heterocycles. The number of hydrogen-bond acceptors (Lipinski definition) is 4. The second-order valence-corrected chi connectivity index (χ2v) is 5.37. The van der Waals surface area contributed by atoms with E-state index in [0.717, 1.165) is 38.8 Å². The van der Waals surface area contributed by atoms with Crippen LogP contribution in [0.2, 0.25) is 0 Å². The Kier molecular flexibility index (Phi) is 5.27. The molecule has 0 aromatic heterocycles. The van der Waals surface area contributed by atoms with Crippen LogP contribution in [-0.4, -0.2) is 62.6 Å². The molecule has 1 fully saturated rings. The van der Waals surface area contributed by atoms with Crippen molar-refractivity contribution in [1.29, 1.82) is 0 Å². The molecule has 3 unspecified atom stereocenters. The highest BCUT2D eigenvalue weighted by Gasteiger charge is 2.33. The molecule has 6 nitrogen and oxygen atoms in total. The number of carbonyl (C=O) groups excluding carboxylic acids is 1. The van der Waals surface area contributed by atoms with E-state index in [1.54, 1.807) is 7.11 Å². The van der Waals surface area contributed by atoms with Crippen LogP contribution in [0.1, 0.15) is 25.7 Å². The number of ether oxygens (including phenoxy) is 1. The van der Waals surface area contributed by atoms with Gasteiger partial charge < -0.3 is 15.4 Å². The van der Waals surface area contributed by atoms with Gasteiger partial charge in [-0.1, -0.05) is 0 Å².